The van der Waals surface area contributed by atoms with Gasteiger partial charge in [-0.3, -0.25) is 4.79 Å². The Hall–Kier alpha value is -0.650. The van der Waals surface area contributed by atoms with Crippen molar-refractivity contribution in [3.63, 3.8) is 0 Å². The molecule has 1 amide bonds. The Bertz CT molecular complexity index is 204. The van der Waals surface area contributed by atoms with E-state index in [1.807, 2.05) is 0 Å². The standard InChI is InChI=1S/C12H26N2O3/c1-9(2)6-10(7-13)12(16)14-11(4-5-15)8-17-3/h9-11,15H,4-8,13H2,1-3H3,(H,14,16). The number of aliphatic hydroxyl groups excluding tert-OH is 1. The molecule has 0 aromatic heterocycles. The second-order valence-corrected chi connectivity index (χ2v) is 4.74. The van der Waals surface area contributed by atoms with Crippen molar-refractivity contribution in [1.29, 1.82) is 0 Å². The Labute approximate surface area is 104 Å². The van der Waals surface area contributed by atoms with Crippen molar-refractivity contribution in [3.8, 4) is 0 Å². The molecule has 2 unspecified atom stereocenters. The fourth-order valence-electron chi connectivity index (χ4n) is 1.75. The Kier molecular flexibility index (Phi) is 9.03. The van der Waals surface area contributed by atoms with E-state index in [0.717, 1.165) is 6.42 Å². The monoisotopic (exact) mass is 246 g/mol. The lowest BCUT2D eigenvalue weighted by Crippen LogP contribution is -2.44. The maximum atomic E-state index is 11.9. The third kappa shape index (κ3) is 7.31. The summed E-state index contributed by atoms with van der Waals surface area (Å²) in [6.07, 6.45) is 1.28. The van der Waals surface area contributed by atoms with Crippen molar-refractivity contribution >= 4 is 5.91 Å². The molecule has 0 fully saturated rings. The largest absolute Gasteiger partial charge is 0.396 e. The number of nitrogens with two attached hydrogens (primary N) is 1. The fraction of sp³-hybridized carbons (Fsp3) is 0.917. The van der Waals surface area contributed by atoms with E-state index in [9.17, 15) is 4.79 Å². The van der Waals surface area contributed by atoms with Crippen LogP contribution in [0, 0.1) is 11.8 Å². The summed E-state index contributed by atoms with van der Waals surface area (Å²) in [5.74, 6) is 0.234. The quantitative estimate of drug-likeness (QED) is 0.539. The van der Waals surface area contributed by atoms with Crippen LogP contribution in [0.25, 0.3) is 0 Å². The predicted molar refractivity (Wildman–Crippen MR) is 67.5 cm³/mol. The molecule has 0 aliphatic heterocycles. The zero-order valence-corrected chi connectivity index (χ0v) is 11.1. The van der Waals surface area contributed by atoms with Crippen LogP contribution >= 0.6 is 0 Å². The van der Waals surface area contributed by atoms with Gasteiger partial charge in [0.05, 0.1) is 18.6 Å². The number of carbonyl (C=O) groups is 1. The van der Waals surface area contributed by atoms with E-state index in [-0.39, 0.29) is 24.5 Å². The van der Waals surface area contributed by atoms with Gasteiger partial charge >= 0.3 is 0 Å². The van der Waals surface area contributed by atoms with Crippen LogP contribution in [-0.4, -0.2) is 43.9 Å². The number of hydrogen-bond donors (Lipinski definition) is 3. The molecule has 0 aliphatic carbocycles. The van der Waals surface area contributed by atoms with Gasteiger partial charge in [0.1, 0.15) is 0 Å². The maximum Gasteiger partial charge on any atom is 0.224 e. The first-order valence-electron chi connectivity index (χ1n) is 6.15. The molecule has 0 radical (unpaired) electrons. The Morgan fingerprint density at radius 2 is 2.12 bits per heavy atom. The van der Waals surface area contributed by atoms with Gasteiger partial charge in [-0.05, 0) is 18.8 Å². The molecule has 2 atom stereocenters. The number of aliphatic hydroxyl groups is 1. The second kappa shape index (κ2) is 9.39. The van der Waals surface area contributed by atoms with Crippen LogP contribution in [0.2, 0.25) is 0 Å². The van der Waals surface area contributed by atoms with Crippen molar-refractivity contribution in [2.45, 2.75) is 32.7 Å². The molecule has 5 heteroatoms. The van der Waals surface area contributed by atoms with Gasteiger partial charge in [-0.25, -0.2) is 0 Å². The zero-order valence-electron chi connectivity index (χ0n) is 11.1. The smallest absolute Gasteiger partial charge is 0.224 e. The number of methoxy groups -OCH3 is 1. The highest BCUT2D eigenvalue weighted by molar-refractivity contribution is 5.79. The summed E-state index contributed by atoms with van der Waals surface area (Å²) >= 11 is 0. The molecule has 4 N–H and O–H groups in total. The molecular weight excluding hydrogens is 220 g/mol. The average Bonchev–Trinajstić information content (AvgIpc) is 2.26. The molecule has 5 nitrogen and oxygen atoms in total. The zero-order chi connectivity index (χ0) is 13.3. The number of nitrogens with one attached hydrogen (secondary N) is 1. The first-order chi connectivity index (χ1) is 8.04. The number of ether oxygens (including phenoxy) is 1. The molecule has 0 saturated heterocycles. The first-order valence-corrected chi connectivity index (χ1v) is 6.15. The van der Waals surface area contributed by atoms with Crippen LogP contribution in [-0.2, 0) is 9.53 Å². The Morgan fingerprint density at radius 1 is 1.47 bits per heavy atom. The lowest BCUT2D eigenvalue weighted by molar-refractivity contribution is -0.126. The summed E-state index contributed by atoms with van der Waals surface area (Å²) in [5.41, 5.74) is 5.60. The minimum Gasteiger partial charge on any atom is -0.396 e. The lowest BCUT2D eigenvalue weighted by atomic mass is 9.96. The van der Waals surface area contributed by atoms with Gasteiger partial charge in [0.15, 0.2) is 0 Å². The minimum absolute atomic E-state index is 0.0335. The second-order valence-electron chi connectivity index (χ2n) is 4.74. The minimum atomic E-state index is -0.159. The van der Waals surface area contributed by atoms with E-state index in [1.165, 1.54) is 0 Å². The number of carbonyl (C=O) groups excluding carboxylic acids is 1. The summed E-state index contributed by atoms with van der Waals surface area (Å²) in [5, 5.41) is 11.8. The SMILES string of the molecule is COCC(CCO)NC(=O)C(CN)CC(C)C. The maximum absolute atomic E-state index is 11.9. The normalized spacial score (nSPS) is 14.7. The summed E-state index contributed by atoms with van der Waals surface area (Å²) in [4.78, 5) is 11.9. The third-order valence-corrected chi connectivity index (χ3v) is 2.60. The van der Waals surface area contributed by atoms with Crippen molar-refractivity contribution < 1.29 is 14.6 Å². The van der Waals surface area contributed by atoms with Crippen LogP contribution < -0.4 is 11.1 Å². The summed E-state index contributed by atoms with van der Waals surface area (Å²) in [6.45, 7) is 4.92. The van der Waals surface area contributed by atoms with Gasteiger partial charge in [0.2, 0.25) is 5.91 Å². The molecule has 0 aromatic rings. The van der Waals surface area contributed by atoms with E-state index in [2.05, 4.69) is 19.2 Å². The molecule has 0 spiro atoms. The Balaban J connectivity index is 4.24. The number of hydrogen-bond acceptors (Lipinski definition) is 4. The molecule has 17 heavy (non-hydrogen) atoms. The lowest BCUT2D eigenvalue weighted by Gasteiger charge is -2.22. The highest BCUT2D eigenvalue weighted by atomic mass is 16.5. The molecule has 0 heterocycles. The number of rotatable bonds is 9. The topological polar surface area (TPSA) is 84.6 Å². The summed E-state index contributed by atoms with van der Waals surface area (Å²) in [6, 6.07) is -0.140. The van der Waals surface area contributed by atoms with E-state index in [4.69, 9.17) is 15.6 Å². The molecule has 0 rings (SSSR count). The van der Waals surface area contributed by atoms with Crippen molar-refractivity contribution in [2.24, 2.45) is 17.6 Å². The van der Waals surface area contributed by atoms with Crippen molar-refractivity contribution in [3.05, 3.63) is 0 Å². The highest BCUT2D eigenvalue weighted by Gasteiger charge is 2.20. The Morgan fingerprint density at radius 3 is 2.53 bits per heavy atom. The first kappa shape index (κ1) is 16.4. The van der Waals surface area contributed by atoms with Crippen LogP contribution in [0.5, 0.6) is 0 Å². The summed E-state index contributed by atoms with van der Waals surface area (Å²) in [7, 11) is 1.57. The predicted octanol–water partition coefficient (Wildman–Crippen LogP) is 0.121. The van der Waals surface area contributed by atoms with Crippen molar-refractivity contribution in [2.75, 3.05) is 26.9 Å². The average molecular weight is 246 g/mol. The van der Waals surface area contributed by atoms with Gasteiger partial charge in [0, 0.05) is 20.3 Å². The van der Waals surface area contributed by atoms with Crippen LogP contribution in [0.15, 0.2) is 0 Å². The van der Waals surface area contributed by atoms with Crippen LogP contribution in [0.1, 0.15) is 26.7 Å². The van der Waals surface area contributed by atoms with Crippen LogP contribution in [0.4, 0.5) is 0 Å². The van der Waals surface area contributed by atoms with Gasteiger partial charge in [-0.1, -0.05) is 13.8 Å². The van der Waals surface area contributed by atoms with Gasteiger partial charge in [-0.15, -0.1) is 0 Å². The van der Waals surface area contributed by atoms with E-state index >= 15 is 0 Å². The van der Waals surface area contributed by atoms with Gasteiger partial charge in [-0.2, -0.15) is 0 Å². The molecule has 0 bridgehead atoms. The fourth-order valence-corrected chi connectivity index (χ4v) is 1.75. The van der Waals surface area contributed by atoms with E-state index in [0.29, 0.717) is 25.5 Å². The highest BCUT2D eigenvalue weighted by Crippen LogP contribution is 2.11. The molecular formula is C12H26N2O3. The summed E-state index contributed by atoms with van der Waals surface area (Å²) < 4.78 is 4.99. The van der Waals surface area contributed by atoms with Crippen molar-refractivity contribution in [1.82, 2.24) is 5.32 Å². The number of amides is 1. The molecule has 0 saturated carbocycles. The van der Waals surface area contributed by atoms with E-state index in [1.54, 1.807) is 7.11 Å². The molecule has 0 aliphatic rings. The third-order valence-electron chi connectivity index (χ3n) is 2.60. The van der Waals surface area contributed by atoms with Crippen LogP contribution in [0.3, 0.4) is 0 Å². The molecule has 102 valence electrons. The van der Waals surface area contributed by atoms with Gasteiger partial charge < -0.3 is 20.9 Å². The van der Waals surface area contributed by atoms with Gasteiger partial charge in [0.25, 0.3) is 0 Å². The van der Waals surface area contributed by atoms with E-state index < -0.39 is 0 Å². The molecule has 0 aromatic carbocycles.